The van der Waals surface area contributed by atoms with Gasteiger partial charge < -0.3 is 5.11 Å². The molecular formula is C10H16O2. The molecule has 2 rings (SSSR count). The Bertz CT molecular complexity index is 200. The van der Waals surface area contributed by atoms with E-state index >= 15 is 0 Å². The Morgan fingerprint density at radius 3 is 2.50 bits per heavy atom. The lowest BCUT2D eigenvalue weighted by Crippen LogP contribution is -2.37. The highest BCUT2D eigenvalue weighted by Gasteiger charge is 2.49. The van der Waals surface area contributed by atoms with Gasteiger partial charge in [-0.05, 0) is 31.6 Å². The van der Waals surface area contributed by atoms with E-state index in [0.29, 0.717) is 5.92 Å². The highest BCUT2D eigenvalue weighted by atomic mass is 16.4. The SMILES string of the molecule is O=C(O)[C@@]12CCCC[C@H]1CCC2. The first-order chi connectivity index (χ1) is 5.76. The molecule has 2 saturated carbocycles. The summed E-state index contributed by atoms with van der Waals surface area (Å²) in [5.74, 6) is -0.0200. The van der Waals surface area contributed by atoms with Crippen molar-refractivity contribution in [2.24, 2.45) is 11.3 Å². The van der Waals surface area contributed by atoms with E-state index in [4.69, 9.17) is 0 Å². The van der Waals surface area contributed by atoms with E-state index in [9.17, 15) is 9.90 Å². The third-order valence-electron chi connectivity index (χ3n) is 3.81. The van der Waals surface area contributed by atoms with Gasteiger partial charge in [0.15, 0.2) is 0 Å². The van der Waals surface area contributed by atoms with Crippen molar-refractivity contribution in [2.45, 2.75) is 44.9 Å². The molecule has 0 radical (unpaired) electrons. The van der Waals surface area contributed by atoms with Crippen LogP contribution in [-0.4, -0.2) is 11.1 Å². The predicted octanol–water partition coefficient (Wildman–Crippen LogP) is 2.43. The molecule has 2 heteroatoms. The van der Waals surface area contributed by atoms with Crippen LogP contribution in [0.3, 0.4) is 0 Å². The Morgan fingerprint density at radius 1 is 1.17 bits per heavy atom. The summed E-state index contributed by atoms with van der Waals surface area (Å²) < 4.78 is 0. The van der Waals surface area contributed by atoms with Crippen molar-refractivity contribution in [3.63, 3.8) is 0 Å². The van der Waals surface area contributed by atoms with Crippen molar-refractivity contribution in [3.8, 4) is 0 Å². The first kappa shape index (κ1) is 8.09. The maximum atomic E-state index is 11.2. The molecule has 0 aliphatic heterocycles. The average molecular weight is 168 g/mol. The molecular weight excluding hydrogens is 152 g/mol. The van der Waals surface area contributed by atoms with Crippen LogP contribution >= 0.6 is 0 Å². The minimum atomic E-state index is -0.523. The Kier molecular flexibility index (Phi) is 1.85. The molecule has 0 aromatic heterocycles. The van der Waals surface area contributed by atoms with Gasteiger partial charge in [0.05, 0.1) is 5.41 Å². The van der Waals surface area contributed by atoms with Crippen LogP contribution in [0.1, 0.15) is 44.9 Å². The number of fused-ring (bicyclic) bond motifs is 1. The van der Waals surface area contributed by atoms with Gasteiger partial charge in [-0.15, -0.1) is 0 Å². The van der Waals surface area contributed by atoms with Crippen LogP contribution in [0.15, 0.2) is 0 Å². The standard InChI is InChI=1S/C10H16O2/c11-9(12)10-6-2-1-4-8(10)5-3-7-10/h8H,1-7H2,(H,11,12)/t8-,10+/m0/s1. The Morgan fingerprint density at radius 2 is 1.83 bits per heavy atom. The van der Waals surface area contributed by atoms with E-state index in [2.05, 4.69) is 0 Å². The Balaban J connectivity index is 2.23. The van der Waals surface area contributed by atoms with Crippen LogP contribution in [0.4, 0.5) is 0 Å². The summed E-state index contributed by atoms with van der Waals surface area (Å²) in [5, 5.41) is 9.20. The van der Waals surface area contributed by atoms with Crippen LogP contribution in [-0.2, 0) is 4.79 Å². The van der Waals surface area contributed by atoms with Gasteiger partial charge in [0.1, 0.15) is 0 Å². The number of rotatable bonds is 1. The second kappa shape index (κ2) is 2.75. The minimum absolute atomic E-state index is 0.293. The quantitative estimate of drug-likeness (QED) is 0.653. The summed E-state index contributed by atoms with van der Waals surface area (Å²) in [6.07, 6.45) is 7.71. The maximum absolute atomic E-state index is 11.2. The van der Waals surface area contributed by atoms with Crippen molar-refractivity contribution in [1.29, 1.82) is 0 Å². The van der Waals surface area contributed by atoms with Gasteiger partial charge in [-0.1, -0.05) is 19.3 Å². The number of hydrogen-bond donors (Lipinski definition) is 1. The molecule has 2 aliphatic rings. The lowest BCUT2D eigenvalue weighted by Gasteiger charge is -2.35. The monoisotopic (exact) mass is 168 g/mol. The number of hydrogen-bond acceptors (Lipinski definition) is 1. The normalized spacial score (nSPS) is 40.8. The highest BCUT2D eigenvalue weighted by Crippen LogP contribution is 2.52. The topological polar surface area (TPSA) is 37.3 Å². The highest BCUT2D eigenvalue weighted by molar-refractivity contribution is 5.75. The zero-order valence-electron chi connectivity index (χ0n) is 7.38. The third-order valence-corrected chi connectivity index (χ3v) is 3.81. The van der Waals surface area contributed by atoms with Crippen LogP contribution in [0, 0.1) is 11.3 Å². The van der Waals surface area contributed by atoms with Crippen molar-refractivity contribution in [1.82, 2.24) is 0 Å². The molecule has 0 aromatic rings. The van der Waals surface area contributed by atoms with E-state index in [-0.39, 0.29) is 5.41 Å². The van der Waals surface area contributed by atoms with Gasteiger partial charge >= 0.3 is 5.97 Å². The molecule has 0 saturated heterocycles. The molecule has 1 N–H and O–H groups in total. The van der Waals surface area contributed by atoms with Crippen LogP contribution in [0.5, 0.6) is 0 Å². The van der Waals surface area contributed by atoms with Gasteiger partial charge in [-0.25, -0.2) is 0 Å². The van der Waals surface area contributed by atoms with Crippen LogP contribution in [0.25, 0.3) is 0 Å². The largest absolute Gasteiger partial charge is 0.481 e. The van der Waals surface area contributed by atoms with Crippen LogP contribution in [0.2, 0.25) is 0 Å². The summed E-state index contributed by atoms with van der Waals surface area (Å²) in [4.78, 5) is 11.2. The first-order valence-corrected chi connectivity index (χ1v) is 4.99. The second-order valence-electron chi connectivity index (χ2n) is 4.30. The fourth-order valence-corrected chi connectivity index (χ4v) is 3.11. The predicted molar refractivity (Wildman–Crippen MR) is 45.9 cm³/mol. The molecule has 0 heterocycles. The van der Waals surface area contributed by atoms with Gasteiger partial charge in [-0.2, -0.15) is 0 Å². The third kappa shape index (κ3) is 0.970. The van der Waals surface area contributed by atoms with Crippen molar-refractivity contribution < 1.29 is 9.90 Å². The smallest absolute Gasteiger partial charge is 0.309 e. The maximum Gasteiger partial charge on any atom is 0.309 e. The fourth-order valence-electron chi connectivity index (χ4n) is 3.11. The molecule has 2 atom stereocenters. The lowest BCUT2D eigenvalue weighted by atomic mass is 9.68. The molecule has 2 fully saturated rings. The zero-order chi connectivity index (χ0) is 8.60. The molecule has 2 nitrogen and oxygen atoms in total. The Labute approximate surface area is 73.0 Å². The van der Waals surface area contributed by atoms with E-state index in [1.54, 1.807) is 0 Å². The van der Waals surface area contributed by atoms with Crippen LogP contribution < -0.4 is 0 Å². The van der Waals surface area contributed by atoms with E-state index in [1.165, 1.54) is 6.42 Å². The molecule has 0 bridgehead atoms. The van der Waals surface area contributed by atoms with Gasteiger partial charge in [0.25, 0.3) is 0 Å². The molecule has 0 unspecified atom stereocenters. The van der Waals surface area contributed by atoms with Crippen molar-refractivity contribution in [3.05, 3.63) is 0 Å². The lowest BCUT2D eigenvalue weighted by molar-refractivity contribution is -0.153. The number of aliphatic carboxylic acids is 1. The van der Waals surface area contributed by atoms with Gasteiger partial charge in [0.2, 0.25) is 0 Å². The van der Waals surface area contributed by atoms with Gasteiger partial charge in [-0.3, -0.25) is 4.79 Å². The minimum Gasteiger partial charge on any atom is -0.481 e. The summed E-state index contributed by atoms with van der Waals surface area (Å²) in [6.45, 7) is 0. The zero-order valence-corrected chi connectivity index (χ0v) is 7.38. The summed E-state index contributed by atoms with van der Waals surface area (Å²) in [7, 11) is 0. The fraction of sp³-hybridized carbons (Fsp3) is 0.900. The van der Waals surface area contributed by atoms with E-state index in [0.717, 1.165) is 38.5 Å². The van der Waals surface area contributed by atoms with Crippen molar-refractivity contribution in [2.75, 3.05) is 0 Å². The summed E-state index contributed by atoms with van der Waals surface area (Å²) in [6, 6.07) is 0. The number of carboxylic acid groups (broad SMARTS) is 1. The summed E-state index contributed by atoms with van der Waals surface area (Å²) in [5.41, 5.74) is -0.293. The second-order valence-corrected chi connectivity index (χ2v) is 4.30. The molecule has 12 heavy (non-hydrogen) atoms. The Hall–Kier alpha value is -0.530. The van der Waals surface area contributed by atoms with E-state index in [1.807, 2.05) is 0 Å². The molecule has 0 amide bonds. The molecule has 2 aliphatic carbocycles. The molecule has 68 valence electrons. The summed E-state index contributed by atoms with van der Waals surface area (Å²) >= 11 is 0. The molecule has 0 spiro atoms. The number of carbonyl (C=O) groups is 1. The van der Waals surface area contributed by atoms with Gasteiger partial charge in [0, 0.05) is 0 Å². The average Bonchev–Trinajstić information content (AvgIpc) is 2.48. The number of carboxylic acids is 1. The first-order valence-electron chi connectivity index (χ1n) is 4.99. The molecule has 0 aromatic carbocycles. The van der Waals surface area contributed by atoms with E-state index < -0.39 is 5.97 Å². The van der Waals surface area contributed by atoms with Crippen molar-refractivity contribution >= 4 is 5.97 Å².